The number of nitrogens with zero attached hydrogens (tertiary/aromatic N) is 1. The normalized spacial score (nSPS) is 29.2. The van der Waals surface area contributed by atoms with Crippen LogP contribution in [-0.2, 0) is 14.4 Å². The average Bonchev–Trinajstić information content (AvgIpc) is 2.22. The van der Waals surface area contributed by atoms with Crippen molar-refractivity contribution in [1.82, 2.24) is 5.06 Å². The molecule has 0 aliphatic carbocycles. The number of hydrogen-bond donors (Lipinski definition) is 0. The third-order valence-corrected chi connectivity index (χ3v) is 2.25. The third-order valence-electron chi connectivity index (χ3n) is 2.25. The molecule has 1 aliphatic heterocycles. The van der Waals surface area contributed by atoms with E-state index >= 15 is 0 Å². The molecule has 0 aromatic carbocycles. The highest BCUT2D eigenvalue weighted by Crippen LogP contribution is 2.25. The van der Waals surface area contributed by atoms with Crippen molar-refractivity contribution in [1.29, 1.82) is 0 Å². The van der Waals surface area contributed by atoms with Gasteiger partial charge in [-0.05, 0) is 13.8 Å². The van der Waals surface area contributed by atoms with Crippen molar-refractivity contribution < 1.29 is 14.4 Å². The fraction of sp³-hybridized carbons (Fsp3) is 0.778. The van der Waals surface area contributed by atoms with E-state index in [1.807, 2.05) is 0 Å². The summed E-state index contributed by atoms with van der Waals surface area (Å²) in [7, 11) is 0. The van der Waals surface area contributed by atoms with Crippen LogP contribution in [0.2, 0.25) is 0 Å². The second-order valence-electron chi connectivity index (χ2n) is 3.70. The molecule has 0 aromatic heterocycles. The van der Waals surface area contributed by atoms with Crippen LogP contribution in [0.15, 0.2) is 0 Å². The topological polar surface area (TPSA) is 46.6 Å². The summed E-state index contributed by atoms with van der Waals surface area (Å²) in [4.78, 5) is 28.0. The molecule has 1 saturated heterocycles. The molecule has 1 heterocycles. The molecule has 2 unspecified atom stereocenters. The van der Waals surface area contributed by atoms with Gasteiger partial charge in [0.05, 0.1) is 6.10 Å². The van der Waals surface area contributed by atoms with Gasteiger partial charge in [-0.2, -0.15) is 5.06 Å². The molecule has 13 heavy (non-hydrogen) atoms. The van der Waals surface area contributed by atoms with Gasteiger partial charge < -0.3 is 0 Å². The molecule has 1 rings (SSSR count). The van der Waals surface area contributed by atoms with Crippen LogP contribution in [-0.4, -0.2) is 23.0 Å². The Bertz CT molecular complexity index is 217. The second kappa shape index (κ2) is 3.46. The first kappa shape index (κ1) is 10.2. The highest BCUT2D eigenvalue weighted by Gasteiger charge is 2.43. The standard InChI is InChI=1S/C9H15NO3/c1-5(2)13-10-8(11)6(3)7(4)9(10)12/h5-7H,1-4H3. The Morgan fingerprint density at radius 2 is 1.54 bits per heavy atom. The molecule has 1 fully saturated rings. The maximum absolute atomic E-state index is 11.4. The minimum absolute atomic E-state index is 0.148. The molecular formula is C9H15NO3. The summed E-state index contributed by atoms with van der Waals surface area (Å²) in [6, 6.07) is 0. The zero-order valence-electron chi connectivity index (χ0n) is 8.40. The van der Waals surface area contributed by atoms with Gasteiger partial charge >= 0.3 is 0 Å². The summed E-state index contributed by atoms with van der Waals surface area (Å²) in [5, 5.41) is 0.903. The fourth-order valence-corrected chi connectivity index (χ4v) is 1.22. The van der Waals surface area contributed by atoms with Crippen molar-refractivity contribution in [3.63, 3.8) is 0 Å². The van der Waals surface area contributed by atoms with Gasteiger partial charge in [0, 0.05) is 11.8 Å². The second-order valence-corrected chi connectivity index (χ2v) is 3.70. The first-order valence-corrected chi connectivity index (χ1v) is 4.49. The third kappa shape index (κ3) is 1.72. The Morgan fingerprint density at radius 1 is 1.15 bits per heavy atom. The van der Waals surface area contributed by atoms with Gasteiger partial charge in [0.1, 0.15) is 0 Å². The first-order chi connectivity index (χ1) is 5.95. The highest BCUT2D eigenvalue weighted by molar-refractivity contribution is 6.03. The van der Waals surface area contributed by atoms with Crippen molar-refractivity contribution in [2.75, 3.05) is 0 Å². The summed E-state index contributed by atoms with van der Waals surface area (Å²) in [6.45, 7) is 7.06. The Kier molecular flexibility index (Phi) is 2.71. The van der Waals surface area contributed by atoms with Crippen LogP contribution >= 0.6 is 0 Å². The van der Waals surface area contributed by atoms with Crippen LogP contribution < -0.4 is 0 Å². The first-order valence-electron chi connectivity index (χ1n) is 4.49. The smallest absolute Gasteiger partial charge is 0.257 e. The van der Waals surface area contributed by atoms with Gasteiger partial charge in [-0.1, -0.05) is 13.8 Å². The van der Waals surface area contributed by atoms with E-state index in [0.717, 1.165) is 5.06 Å². The summed E-state index contributed by atoms with van der Waals surface area (Å²) in [5.41, 5.74) is 0. The molecule has 0 saturated carbocycles. The maximum Gasteiger partial charge on any atom is 0.257 e. The van der Waals surface area contributed by atoms with Crippen LogP contribution in [0.3, 0.4) is 0 Å². The van der Waals surface area contributed by atoms with Gasteiger partial charge in [0.25, 0.3) is 11.8 Å². The van der Waals surface area contributed by atoms with Gasteiger partial charge in [-0.25, -0.2) is 0 Å². The number of carbonyl (C=O) groups is 2. The van der Waals surface area contributed by atoms with Crippen molar-refractivity contribution in [3.05, 3.63) is 0 Å². The van der Waals surface area contributed by atoms with Gasteiger partial charge in [0.2, 0.25) is 0 Å². The molecule has 4 nitrogen and oxygen atoms in total. The van der Waals surface area contributed by atoms with Gasteiger partial charge in [-0.15, -0.1) is 0 Å². The lowest BCUT2D eigenvalue weighted by Gasteiger charge is -2.16. The minimum Gasteiger partial charge on any atom is -0.272 e. The minimum atomic E-state index is -0.258. The van der Waals surface area contributed by atoms with Crippen molar-refractivity contribution in [2.45, 2.75) is 33.8 Å². The summed E-state index contributed by atoms with van der Waals surface area (Å²) in [5.74, 6) is -0.977. The molecule has 2 atom stereocenters. The molecule has 4 heteroatoms. The lowest BCUT2D eigenvalue weighted by molar-refractivity contribution is -0.199. The Morgan fingerprint density at radius 3 is 1.85 bits per heavy atom. The van der Waals surface area contributed by atoms with E-state index in [-0.39, 0.29) is 29.8 Å². The SMILES string of the molecule is CC(C)ON1C(=O)C(C)C(C)C1=O. The molecule has 1 aliphatic rings. The number of imide groups is 1. The van der Waals surface area contributed by atoms with Crippen molar-refractivity contribution in [2.24, 2.45) is 11.8 Å². The van der Waals surface area contributed by atoms with Gasteiger partial charge in [0.15, 0.2) is 0 Å². The lowest BCUT2D eigenvalue weighted by atomic mass is 10.00. The Balaban J connectivity index is 2.76. The van der Waals surface area contributed by atoms with E-state index in [1.54, 1.807) is 27.7 Å². The van der Waals surface area contributed by atoms with Crippen LogP contribution in [0.25, 0.3) is 0 Å². The molecule has 2 amide bonds. The van der Waals surface area contributed by atoms with E-state index in [1.165, 1.54) is 0 Å². The van der Waals surface area contributed by atoms with E-state index < -0.39 is 0 Å². The zero-order valence-corrected chi connectivity index (χ0v) is 8.40. The predicted molar refractivity (Wildman–Crippen MR) is 46.4 cm³/mol. The number of hydrogen-bond acceptors (Lipinski definition) is 3. The molecule has 0 radical (unpaired) electrons. The van der Waals surface area contributed by atoms with Crippen molar-refractivity contribution >= 4 is 11.8 Å². The quantitative estimate of drug-likeness (QED) is 0.602. The zero-order chi connectivity index (χ0) is 10.2. The Labute approximate surface area is 77.8 Å². The predicted octanol–water partition coefficient (Wildman–Crippen LogP) is 0.967. The average molecular weight is 185 g/mol. The molecule has 0 bridgehead atoms. The van der Waals surface area contributed by atoms with Crippen LogP contribution in [0.5, 0.6) is 0 Å². The molecule has 0 aromatic rings. The monoisotopic (exact) mass is 185 g/mol. The molecule has 74 valence electrons. The molecule has 0 N–H and O–H groups in total. The summed E-state index contributed by atoms with van der Waals surface area (Å²) < 4.78 is 0. The van der Waals surface area contributed by atoms with Crippen LogP contribution in [0.4, 0.5) is 0 Å². The van der Waals surface area contributed by atoms with Crippen molar-refractivity contribution in [3.8, 4) is 0 Å². The summed E-state index contributed by atoms with van der Waals surface area (Å²) >= 11 is 0. The number of rotatable bonds is 2. The highest BCUT2D eigenvalue weighted by atomic mass is 16.7. The fourth-order valence-electron chi connectivity index (χ4n) is 1.22. The largest absolute Gasteiger partial charge is 0.272 e. The van der Waals surface area contributed by atoms with Gasteiger partial charge in [-0.3, -0.25) is 14.4 Å². The lowest BCUT2D eigenvalue weighted by Crippen LogP contribution is -2.33. The van der Waals surface area contributed by atoms with E-state index in [2.05, 4.69) is 0 Å². The maximum atomic E-state index is 11.4. The number of carbonyl (C=O) groups excluding carboxylic acids is 2. The van der Waals surface area contributed by atoms with E-state index in [0.29, 0.717) is 0 Å². The number of amides is 2. The van der Waals surface area contributed by atoms with Crippen LogP contribution in [0.1, 0.15) is 27.7 Å². The number of hydroxylamine groups is 2. The van der Waals surface area contributed by atoms with Crippen LogP contribution in [0, 0.1) is 11.8 Å². The van der Waals surface area contributed by atoms with E-state index in [4.69, 9.17) is 4.84 Å². The summed E-state index contributed by atoms with van der Waals surface area (Å²) in [6.07, 6.45) is -0.148. The Hall–Kier alpha value is -0.900. The molecular weight excluding hydrogens is 170 g/mol. The molecule has 0 spiro atoms. The van der Waals surface area contributed by atoms with E-state index in [9.17, 15) is 9.59 Å².